The van der Waals surface area contributed by atoms with E-state index in [0.29, 0.717) is 17.2 Å². The molecule has 98 valence electrons. The lowest BCUT2D eigenvalue weighted by atomic mass is 10.1. The highest BCUT2D eigenvalue weighted by Crippen LogP contribution is 2.22. The van der Waals surface area contributed by atoms with Crippen molar-refractivity contribution in [1.29, 1.82) is 0 Å². The number of amides is 1. The van der Waals surface area contributed by atoms with E-state index >= 15 is 0 Å². The number of carbonyl (C=O) groups is 1. The second-order valence-electron chi connectivity index (χ2n) is 4.21. The van der Waals surface area contributed by atoms with Crippen LogP contribution in [0.4, 0.5) is 0 Å². The predicted octanol–water partition coefficient (Wildman–Crippen LogP) is 1.99. The van der Waals surface area contributed by atoms with Crippen LogP contribution in [0, 0.1) is 0 Å². The minimum absolute atomic E-state index is 0.0809. The first-order valence-electron chi connectivity index (χ1n) is 5.85. The van der Waals surface area contributed by atoms with Crippen LogP contribution in [0.1, 0.15) is 28.9 Å². The van der Waals surface area contributed by atoms with Crippen LogP contribution >= 0.6 is 0 Å². The number of nitrogens with zero attached hydrogens (tertiary/aromatic N) is 1. The Kier molecular flexibility index (Phi) is 3.77. The van der Waals surface area contributed by atoms with Crippen LogP contribution in [-0.2, 0) is 0 Å². The molecule has 0 radical (unpaired) electrons. The Morgan fingerprint density at radius 3 is 2.53 bits per heavy atom. The Morgan fingerprint density at radius 1 is 1.26 bits per heavy atom. The van der Waals surface area contributed by atoms with Crippen molar-refractivity contribution in [3.05, 3.63) is 53.7 Å². The maximum Gasteiger partial charge on any atom is 0.248 e. The molecule has 0 aliphatic heterocycles. The second-order valence-corrected chi connectivity index (χ2v) is 4.21. The van der Waals surface area contributed by atoms with Gasteiger partial charge in [-0.15, -0.1) is 0 Å². The van der Waals surface area contributed by atoms with Crippen molar-refractivity contribution in [3.8, 4) is 11.6 Å². The molecule has 1 aromatic carbocycles. The summed E-state index contributed by atoms with van der Waals surface area (Å²) in [5, 5.41) is 0. The monoisotopic (exact) mass is 257 g/mol. The smallest absolute Gasteiger partial charge is 0.248 e. The first-order chi connectivity index (χ1) is 9.06. The van der Waals surface area contributed by atoms with E-state index in [0.717, 1.165) is 5.56 Å². The maximum absolute atomic E-state index is 10.9. The number of carbonyl (C=O) groups excluding carboxylic acids is 1. The van der Waals surface area contributed by atoms with E-state index in [1.165, 1.54) is 0 Å². The predicted molar refractivity (Wildman–Crippen MR) is 71.9 cm³/mol. The van der Waals surface area contributed by atoms with Crippen LogP contribution < -0.4 is 16.2 Å². The molecule has 2 rings (SSSR count). The Bertz CT molecular complexity index is 579. The Labute approximate surface area is 111 Å². The molecule has 0 spiro atoms. The molecule has 1 amide bonds. The maximum atomic E-state index is 10.9. The third-order valence-electron chi connectivity index (χ3n) is 2.65. The van der Waals surface area contributed by atoms with E-state index in [2.05, 4.69) is 4.98 Å². The molecule has 5 heteroatoms. The number of rotatable bonds is 4. The Hall–Kier alpha value is -2.40. The molecule has 5 nitrogen and oxygen atoms in total. The highest BCUT2D eigenvalue weighted by Gasteiger charge is 2.05. The molecule has 0 bridgehead atoms. The fraction of sp³-hybridized carbons (Fsp3) is 0.143. The van der Waals surface area contributed by atoms with Crippen molar-refractivity contribution in [1.82, 2.24) is 4.98 Å². The molecule has 19 heavy (non-hydrogen) atoms. The van der Waals surface area contributed by atoms with E-state index in [1.807, 2.05) is 13.0 Å². The summed E-state index contributed by atoms with van der Waals surface area (Å²) in [6.07, 6.45) is 1.64. The van der Waals surface area contributed by atoms with Gasteiger partial charge in [0, 0.05) is 23.9 Å². The summed E-state index contributed by atoms with van der Waals surface area (Å²) in [6, 6.07) is 10.1. The van der Waals surface area contributed by atoms with E-state index < -0.39 is 5.91 Å². The van der Waals surface area contributed by atoms with Gasteiger partial charge in [0.05, 0.1) is 0 Å². The number of benzene rings is 1. The zero-order valence-corrected chi connectivity index (χ0v) is 10.5. The number of hydrogen-bond acceptors (Lipinski definition) is 4. The van der Waals surface area contributed by atoms with E-state index in [9.17, 15) is 4.79 Å². The van der Waals surface area contributed by atoms with Crippen molar-refractivity contribution in [2.45, 2.75) is 13.0 Å². The molecule has 1 atom stereocenters. The van der Waals surface area contributed by atoms with Crippen LogP contribution in [-0.4, -0.2) is 10.9 Å². The van der Waals surface area contributed by atoms with Crippen LogP contribution in [0.15, 0.2) is 42.6 Å². The number of hydrogen-bond donors (Lipinski definition) is 2. The summed E-state index contributed by atoms with van der Waals surface area (Å²) in [5.41, 5.74) is 12.3. The molecule has 0 aliphatic rings. The molecule has 0 aliphatic carbocycles. The van der Waals surface area contributed by atoms with Gasteiger partial charge in [0.15, 0.2) is 0 Å². The van der Waals surface area contributed by atoms with Gasteiger partial charge in [0.2, 0.25) is 11.8 Å². The molecule has 0 unspecified atom stereocenters. The van der Waals surface area contributed by atoms with Crippen molar-refractivity contribution in [2.24, 2.45) is 11.5 Å². The summed E-state index contributed by atoms with van der Waals surface area (Å²) >= 11 is 0. The van der Waals surface area contributed by atoms with Gasteiger partial charge >= 0.3 is 0 Å². The van der Waals surface area contributed by atoms with Crippen LogP contribution in [0.3, 0.4) is 0 Å². The Balaban J connectivity index is 2.16. The number of ether oxygens (including phenoxy) is 1. The second kappa shape index (κ2) is 5.49. The van der Waals surface area contributed by atoms with E-state index in [4.69, 9.17) is 16.2 Å². The highest BCUT2D eigenvalue weighted by molar-refractivity contribution is 5.92. The molecule has 2 aromatic rings. The summed E-state index contributed by atoms with van der Waals surface area (Å²) in [6.45, 7) is 1.89. The first-order valence-corrected chi connectivity index (χ1v) is 5.85. The van der Waals surface area contributed by atoms with Gasteiger partial charge < -0.3 is 16.2 Å². The third kappa shape index (κ3) is 3.29. The average Bonchev–Trinajstić information content (AvgIpc) is 2.39. The third-order valence-corrected chi connectivity index (χ3v) is 2.65. The van der Waals surface area contributed by atoms with Gasteiger partial charge in [0.25, 0.3) is 0 Å². The summed E-state index contributed by atoms with van der Waals surface area (Å²) in [7, 11) is 0. The van der Waals surface area contributed by atoms with Gasteiger partial charge in [-0.05, 0) is 42.8 Å². The van der Waals surface area contributed by atoms with Crippen LogP contribution in [0.5, 0.6) is 11.6 Å². The fourth-order valence-electron chi connectivity index (χ4n) is 1.57. The molecule has 0 saturated heterocycles. The van der Waals surface area contributed by atoms with E-state index in [-0.39, 0.29) is 6.04 Å². The quantitative estimate of drug-likeness (QED) is 0.876. The minimum atomic E-state index is -0.469. The number of primary amides is 1. The normalized spacial score (nSPS) is 11.9. The lowest BCUT2D eigenvalue weighted by Gasteiger charge is -2.08. The van der Waals surface area contributed by atoms with Gasteiger partial charge in [-0.3, -0.25) is 4.79 Å². The van der Waals surface area contributed by atoms with Gasteiger partial charge in [-0.2, -0.15) is 0 Å². The summed E-state index contributed by atoms with van der Waals surface area (Å²) < 4.78 is 5.59. The number of nitrogens with two attached hydrogens (primary N) is 2. The lowest BCUT2D eigenvalue weighted by Crippen LogP contribution is -2.10. The van der Waals surface area contributed by atoms with Crippen molar-refractivity contribution < 1.29 is 9.53 Å². The Morgan fingerprint density at radius 2 is 1.95 bits per heavy atom. The molecular weight excluding hydrogens is 242 g/mol. The molecule has 4 N–H and O–H groups in total. The fourth-order valence-corrected chi connectivity index (χ4v) is 1.57. The molecule has 1 aromatic heterocycles. The highest BCUT2D eigenvalue weighted by atomic mass is 16.5. The van der Waals surface area contributed by atoms with Crippen molar-refractivity contribution in [2.75, 3.05) is 0 Å². The first kappa shape index (κ1) is 13.0. The van der Waals surface area contributed by atoms with Gasteiger partial charge in [0.1, 0.15) is 5.75 Å². The average molecular weight is 257 g/mol. The topological polar surface area (TPSA) is 91.2 Å². The molecule has 0 saturated carbocycles. The van der Waals surface area contributed by atoms with E-state index in [1.54, 1.807) is 36.5 Å². The standard InChI is InChI=1S/C14H15N3O2/c1-9(15)11-6-7-17-13(8-11)19-12-4-2-10(3-5-12)14(16)18/h2-9H,15H2,1H3,(H2,16,18)/t9-/m1/s1. The molecular formula is C14H15N3O2. The molecule has 1 heterocycles. The van der Waals surface area contributed by atoms with Crippen LogP contribution in [0.2, 0.25) is 0 Å². The molecule has 0 fully saturated rings. The SMILES string of the molecule is C[C@@H](N)c1ccnc(Oc2ccc(C(N)=O)cc2)c1. The zero-order valence-electron chi connectivity index (χ0n) is 10.5. The van der Waals surface area contributed by atoms with Gasteiger partial charge in [-0.1, -0.05) is 0 Å². The van der Waals surface area contributed by atoms with Crippen LogP contribution in [0.25, 0.3) is 0 Å². The van der Waals surface area contributed by atoms with Crippen molar-refractivity contribution >= 4 is 5.91 Å². The van der Waals surface area contributed by atoms with Gasteiger partial charge in [-0.25, -0.2) is 4.98 Å². The number of pyridine rings is 1. The minimum Gasteiger partial charge on any atom is -0.439 e. The lowest BCUT2D eigenvalue weighted by molar-refractivity contribution is 0.100. The summed E-state index contributed by atoms with van der Waals surface area (Å²) in [4.78, 5) is 15.1. The summed E-state index contributed by atoms with van der Waals surface area (Å²) in [5.74, 6) is 0.574. The zero-order chi connectivity index (χ0) is 13.8. The van der Waals surface area contributed by atoms with Crippen molar-refractivity contribution in [3.63, 3.8) is 0 Å². The number of aromatic nitrogens is 1. The largest absolute Gasteiger partial charge is 0.439 e.